The van der Waals surface area contributed by atoms with Crippen LogP contribution < -0.4 is 0 Å². The van der Waals surface area contributed by atoms with Gasteiger partial charge in [0.1, 0.15) is 5.83 Å². The molecule has 1 atom stereocenters. The summed E-state index contributed by atoms with van der Waals surface area (Å²) >= 11 is 0. The molecule has 0 spiro atoms. The summed E-state index contributed by atoms with van der Waals surface area (Å²) in [6.45, 7) is 4.36. The minimum atomic E-state index is 0.0250. The summed E-state index contributed by atoms with van der Waals surface area (Å²) in [6, 6.07) is 0. The number of hydrogen-bond donors (Lipinski definition) is 0. The molecule has 0 aromatic heterocycles. The van der Waals surface area contributed by atoms with Crippen molar-refractivity contribution in [2.45, 2.75) is 33.1 Å². The summed E-state index contributed by atoms with van der Waals surface area (Å²) in [5.41, 5.74) is 1.40. The Bertz CT molecular complexity index is 189. The van der Waals surface area contributed by atoms with E-state index in [1.165, 1.54) is 5.57 Å². The smallest absolute Gasteiger partial charge is 0.100 e. The second-order valence-electron chi connectivity index (χ2n) is 3.16. The maximum absolute atomic E-state index is 12.5. The minimum Gasteiger partial charge on any atom is -0.212 e. The van der Waals surface area contributed by atoms with Gasteiger partial charge in [0.05, 0.1) is 0 Å². The zero-order valence-electron chi connectivity index (χ0n) is 7.23. The highest BCUT2D eigenvalue weighted by molar-refractivity contribution is 5.22. The van der Waals surface area contributed by atoms with Crippen molar-refractivity contribution in [1.82, 2.24) is 0 Å². The summed E-state index contributed by atoms with van der Waals surface area (Å²) in [6.07, 6.45) is 6.22. The van der Waals surface area contributed by atoms with E-state index in [0.29, 0.717) is 12.3 Å². The largest absolute Gasteiger partial charge is 0.212 e. The highest BCUT2D eigenvalue weighted by Crippen LogP contribution is 2.26. The Hall–Kier alpha value is -0.590. The van der Waals surface area contributed by atoms with Gasteiger partial charge in [-0.3, -0.25) is 0 Å². The molecular formula is C10H15F. The molecule has 1 heteroatoms. The van der Waals surface area contributed by atoms with Crippen LogP contribution in [0, 0.1) is 5.92 Å². The minimum absolute atomic E-state index is 0.0250. The molecule has 0 aliphatic heterocycles. The third-order valence-electron chi connectivity index (χ3n) is 2.38. The van der Waals surface area contributed by atoms with Gasteiger partial charge in [-0.25, -0.2) is 4.39 Å². The molecule has 0 aromatic rings. The fraction of sp³-hybridized carbons (Fsp3) is 0.600. The zero-order chi connectivity index (χ0) is 8.27. The average Bonchev–Trinajstić information content (AvgIpc) is 2.05. The SMILES string of the molecule is CCC(C)C1=CC=C(F)CC1. The van der Waals surface area contributed by atoms with Gasteiger partial charge < -0.3 is 0 Å². The second kappa shape index (κ2) is 3.70. The van der Waals surface area contributed by atoms with Gasteiger partial charge in [-0.2, -0.15) is 0 Å². The third kappa shape index (κ3) is 2.18. The molecule has 11 heavy (non-hydrogen) atoms. The summed E-state index contributed by atoms with van der Waals surface area (Å²) in [4.78, 5) is 0. The molecular weight excluding hydrogens is 139 g/mol. The van der Waals surface area contributed by atoms with Gasteiger partial charge in [-0.1, -0.05) is 25.5 Å². The molecule has 0 nitrogen and oxygen atoms in total. The van der Waals surface area contributed by atoms with Gasteiger partial charge in [0.2, 0.25) is 0 Å². The molecule has 0 fully saturated rings. The van der Waals surface area contributed by atoms with Crippen LogP contribution in [0.3, 0.4) is 0 Å². The van der Waals surface area contributed by atoms with Gasteiger partial charge in [0.25, 0.3) is 0 Å². The number of halogens is 1. The Morgan fingerprint density at radius 3 is 2.64 bits per heavy atom. The molecule has 0 saturated heterocycles. The first-order chi connectivity index (χ1) is 5.24. The van der Waals surface area contributed by atoms with E-state index >= 15 is 0 Å². The van der Waals surface area contributed by atoms with E-state index < -0.39 is 0 Å². The lowest BCUT2D eigenvalue weighted by molar-refractivity contribution is 0.550. The predicted octanol–water partition coefficient (Wildman–Crippen LogP) is 3.61. The molecule has 0 bridgehead atoms. The number of allylic oxidation sites excluding steroid dienone is 4. The molecule has 0 aromatic carbocycles. The third-order valence-corrected chi connectivity index (χ3v) is 2.38. The van der Waals surface area contributed by atoms with Crippen molar-refractivity contribution in [2.24, 2.45) is 5.92 Å². The van der Waals surface area contributed by atoms with Crippen molar-refractivity contribution in [3.8, 4) is 0 Å². The summed E-state index contributed by atoms with van der Waals surface area (Å²) < 4.78 is 12.5. The van der Waals surface area contributed by atoms with Crippen molar-refractivity contribution >= 4 is 0 Å². The topological polar surface area (TPSA) is 0 Å². The quantitative estimate of drug-likeness (QED) is 0.570. The van der Waals surface area contributed by atoms with Crippen LogP contribution in [0.15, 0.2) is 23.6 Å². The van der Waals surface area contributed by atoms with E-state index in [0.717, 1.165) is 12.8 Å². The highest BCUT2D eigenvalue weighted by Gasteiger charge is 2.10. The Balaban J connectivity index is 2.60. The molecule has 0 saturated carbocycles. The van der Waals surface area contributed by atoms with E-state index in [9.17, 15) is 4.39 Å². The first-order valence-corrected chi connectivity index (χ1v) is 4.29. The average molecular weight is 154 g/mol. The number of hydrogen-bond acceptors (Lipinski definition) is 0. The van der Waals surface area contributed by atoms with Gasteiger partial charge in [0, 0.05) is 6.42 Å². The van der Waals surface area contributed by atoms with E-state index in [1.54, 1.807) is 6.08 Å². The van der Waals surface area contributed by atoms with Gasteiger partial charge in [0.15, 0.2) is 0 Å². The fourth-order valence-electron chi connectivity index (χ4n) is 1.30. The van der Waals surface area contributed by atoms with Crippen LogP contribution in [-0.4, -0.2) is 0 Å². The first-order valence-electron chi connectivity index (χ1n) is 4.29. The standard InChI is InChI=1S/C10H15F/c1-3-8(2)9-4-6-10(11)7-5-9/h4,6,8H,3,5,7H2,1-2H3. The van der Waals surface area contributed by atoms with E-state index in [2.05, 4.69) is 13.8 Å². The molecule has 1 aliphatic rings. The van der Waals surface area contributed by atoms with Crippen molar-refractivity contribution < 1.29 is 4.39 Å². The maximum Gasteiger partial charge on any atom is 0.100 e. The van der Waals surface area contributed by atoms with Gasteiger partial charge >= 0.3 is 0 Å². The van der Waals surface area contributed by atoms with Gasteiger partial charge in [-0.05, 0) is 24.8 Å². The molecule has 0 N–H and O–H groups in total. The van der Waals surface area contributed by atoms with E-state index in [-0.39, 0.29) is 5.83 Å². The zero-order valence-corrected chi connectivity index (χ0v) is 7.23. The Morgan fingerprint density at radius 2 is 2.18 bits per heavy atom. The van der Waals surface area contributed by atoms with Crippen LogP contribution in [0.2, 0.25) is 0 Å². The molecule has 62 valence electrons. The highest BCUT2D eigenvalue weighted by atomic mass is 19.1. The molecule has 1 aliphatic carbocycles. The lowest BCUT2D eigenvalue weighted by Crippen LogP contribution is -2.00. The molecule has 1 unspecified atom stereocenters. The molecule has 1 rings (SSSR count). The lowest BCUT2D eigenvalue weighted by Gasteiger charge is -2.15. The molecule has 0 heterocycles. The summed E-state index contributed by atoms with van der Waals surface area (Å²) in [5, 5.41) is 0. The van der Waals surface area contributed by atoms with Crippen LogP contribution in [-0.2, 0) is 0 Å². The van der Waals surface area contributed by atoms with Crippen molar-refractivity contribution in [2.75, 3.05) is 0 Å². The normalized spacial score (nSPS) is 20.6. The van der Waals surface area contributed by atoms with Gasteiger partial charge in [-0.15, -0.1) is 0 Å². The van der Waals surface area contributed by atoms with E-state index in [4.69, 9.17) is 0 Å². The monoisotopic (exact) mass is 154 g/mol. The number of rotatable bonds is 2. The Labute approximate surface area is 67.8 Å². The summed E-state index contributed by atoms with van der Waals surface area (Å²) in [7, 11) is 0. The van der Waals surface area contributed by atoms with Crippen LogP contribution in [0.1, 0.15) is 33.1 Å². The van der Waals surface area contributed by atoms with Crippen LogP contribution in [0.5, 0.6) is 0 Å². The second-order valence-corrected chi connectivity index (χ2v) is 3.16. The summed E-state index contributed by atoms with van der Waals surface area (Å²) in [5.74, 6) is 0.649. The van der Waals surface area contributed by atoms with Crippen molar-refractivity contribution in [3.05, 3.63) is 23.6 Å². The van der Waals surface area contributed by atoms with Crippen molar-refractivity contribution in [1.29, 1.82) is 0 Å². The molecule has 0 radical (unpaired) electrons. The van der Waals surface area contributed by atoms with Crippen LogP contribution in [0.25, 0.3) is 0 Å². The van der Waals surface area contributed by atoms with Crippen LogP contribution in [0.4, 0.5) is 4.39 Å². The predicted molar refractivity (Wildman–Crippen MR) is 46.0 cm³/mol. The van der Waals surface area contributed by atoms with Crippen molar-refractivity contribution in [3.63, 3.8) is 0 Å². The fourth-order valence-corrected chi connectivity index (χ4v) is 1.30. The Kier molecular flexibility index (Phi) is 2.86. The van der Waals surface area contributed by atoms with E-state index in [1.807, 2.05) is 6.08 Å². The first kappa shape index (κ1) is 8.51. The lowest BCUT2D eigenvalue weighted by atomic mass is 9.91. The Morgan fingerprint density at radius 1 is 1.45 bits per heavy atom. The maximum atomic E-state index is 12.5. The van der Waals surface area contributed by atoms with Crippen LogP contribution >= 0.6 is 0 Å². The molecule has 0 amide bonds.